The van der Waals surface area contributed by atoms with Crippen LogP contribution in [0.1, 0.15) is 31.2 Å². The summed E-state index contributed by atoms with van der Waals surface area (Å²) in [5, 5.41) is 3.01. The van der Waals surface area contributed by atoms with Crippen molar-refractivity contribution in [2.45, 2.75) is 35.0 Å². The van der Waals surface area contributed by atoms with Gasteiger partial charge in [0, 0.05) is 17.0 Å². The maximum absolute atomic E-state index is 12.5. The number of carbonyl (C=O) groups is 2. The van der Waals surface area contributed by atoms with Crippen molar-refractivity contribution in [1.82, 2.24) is 5.32 Å². The largest absolute Gasteiger partial charge is 0.336 e. The van der Waals surface area contributed by atoms with Crippen LogP contribution in [0.25, 0.3) is 0 Å². The number of benzene rings is 1. The molecule has 1 N–H and O–H groups in total. The van der Waals surface area contributed by atoms with E-state index in [-0.39, 0.29) is 5.78 Å². The van der Waals surface area contributed by atoms with E-state index in [9.17, 15) is 9.59 Å². The monoisotopic (exact) mass is 367 g/mol. The number of nitrogens with one attached hydrogen (secondary N) is 1. The third kappa shape index (κ3) is 3.48. The number of carbonyl (C=O) groups excluding carboxylic acids is 2. The predicted octanol–water partition coefficient (Wildman–Crippen LogP) is 4.16. The Morgan fingerprint density at radius 1 is 1.19 bits per heavy atom. The third-order valence-electron chi connectivity index (χ3n) is 3.60. The quantitative estimate of drug-likeness (QED) is 0.796. The first kappa shape index (κ1) is 16.9. The smallest absolute Gasteiger partial charge is 0.273 e. The molecular formula is C14H13Cl4NO2. The number of halogens is 4. The van der Waals surface area contributed by atoms with E-state index in [1.54, 1.807) is 24.3 Å². The van der Waals surface area contributed by atoms with Crippen LogP contribution in [0.15, 0.2) is 24.3 Å². The number of Topliss-reactive ketones (excluding diaryl/α,β-unsaturated/α-hetero) is 1. The molecule has 114 valence electrons. The van der Waals surface area contributed by atoms with Crippen LogP contribution in [-0.2, 0) is 15.1 Å². The van der Waals surface area contributed by atoms with Gasteiger partial charge in [0.2, 0.25) is 0 Å². The van der Waals surface area contributed by atoms with Crippen LogP contribution >= 0.6 is 46.4 Å². The summed E-state index contributed by atoms with van der Waals surface area (Å²) in [4.78, 5) is 24.6. The fraction of sp³-hybridized carbons (Fsp3) is 0.429. The zero-order valence-corrected chi connectivity index (χ0v) is 14.0. The number of hydrogen-bond acceptors (Lipinski definition) is 2. The van der Waals surface area contributed by atoms with Crippen LogP contribution in [0, 0.1) is 0 Å². The summed E-state index contributed by atoms with van der Waals surface area (Å²) in [5.74, 6) is -0.952. The van der Waals surface area contributed by atoms with Gasteiger partial charge in [-0.3, -0.25) is 9.59 Å². The fourth-order valence-corrected chi connectivity index (χ4v) is 3.02. The molecule has 0 aliphatic heterocycles. The van der Waals surface area contributed by atoms with Crippen molar-refractivity contribution < 1.29 is 9.59 Å². The molecule has 1 aromatic carbocycles. The molecule has 1 atom stereocenters. The molecule has 2 rings (SSSR count). The second-order valence-corrected chi connectivity index (χ2v) is 7.66. The van der Waals surface area contributed by atoms with Gasteiger partial charge >= 0.3 is 0 Å². The van der Waals surface area contributed by atoms with Crippen molar-refractivity contribution in [3.05, 3.63) is 34.9 Å². The molecular weight excluding hydrogens is 356 g/mol. The summed E-state index contributed by atoms with van der Waals surface area (Å²) in [6.07, 6.45) is 2.33. The first-order valence-corrected chi connectivity index (χ1v) is 7.96. The van der Waals surface area contributed by atoms with Crippen molar-refractivity contribution >= 4 is 58.1 Å². The molecule has 0 aromatic heterocycles. The summed E-state index contributed by atoms with van der Waals surface area (Å²) >= 11 is 23.1. The van der Waals surface area contributed by atoms with E-state index in [4.69, 9.17) is 46.4 Å². The van der Waals surface area contributed by atoms with Crippen LogP contribution in [0.5, 0.6) is 0 Å². The van der Waals surface area contributed by atoms with Crippen molar-refractivity contribution in [3.63, 3.8) is 0 Å². The molecule has 0 saturated heterocycles. The molecule has 0 radical (unpaired) electrons. The second kappa shape index (κ2) is 6.33. The summed E-state index contributed by atoms with van der Waals surface area (Å²) in [6.45, 7) is 0. The minimum Gasteiger partial charge on any atom is -0.336 e. The van der Waals surface area contributed by atoms with Gasteiger partial charge in [-0.25, -0.2) is 0 Å². The minimum absolute atomic E-state index is 0.121. The molecule has 1 aliphatic carbocycles. The molecule has 0 bridgehead atoms. The zero-order chi connectivity index (χ0) is 15.7. The Balaban J connectivity index is 2.48. The molecule has 1 aliphatic rings. The van der Waals surface area contributed by atoms with Gasteiger partial charge in [0.1, 0.15) is 5.54 Å². The minimum atomic E-state index is -2.13. The molecule has 1 fully saturated rings. The lowest BCUT2D eigenvalue weighted by molar-refractivity contribution is -0.134. The van der Waals surface area contributed by atoms with Crippen molar-refractivity contribution in [2.24, 2.45) is 0 Å². The van der Waals surface area contributed by atoms with Gasteiger partial charge in [-0.2, -0.15) is 0 Å². The Morgan fingerprint density at radius 2 is 1.86 bits per heavy atom. The highest BCUT2D eigenvalue weighted by molar-refractivity contribution is 6.76. The molecule has 7 heteroatoms. The maximum Gasteiger partial charge on any atom is 0.273 e. The highest BCUT2D eigenvalue weighted by Crippen LogP contribution is 2.39. The average molecular weight is 369 g/mol. The first-order valence-electron chi connectivity index (χ1n) is 6.45. The van der Waals surface area contributed by atoms with E-state index in [2.05, 4.69) is 5.32 Å². The zero-order valence-electron chi connectivity index (χ0n) is 11.0. The fourth-order valence-electron chi connectivity index (χ4n) is 2.58. The summed E-state index contributed by atoms with van der Waals surface area (Å²) < 4.78 is -2.13. The summed E-state index contributed by atoms with van der Waals surface area (Å²) in [7, 11) is 0. The second-order valence-electron chi connectivity index (χ2n) is 4.97. The Kier molecular flexibility index (Phi) is 5.09. The number of amides is 1. The topological polar surface area (TPSA) is 46.2 Å². The molecule has 3 nitrogen and oxygen atoms in total. The van der Waals surface area contributed by atoms with Crippen LogP contribution in [0.4, 0.5) is 0 Å². The van der Waals surface area contributed by atoms with E-state index >= 15 is 0 Å². The predicted molar refractivity (Wildman–Crippen MR) is 85.0 cm³/mol. The molecule has 1 amide bonds. The Labute approximate surface area is 142 Å². The van der Waals surface area contributed by atoms with Gasteiger partial charge < -0.3 is 5.32 Å². The molecule has 0 heterocycles. The standard InChI is InChI=1S/C14H13Cl4NO2/c15-10-6-2-1-5-9(10)13(8-4-3-7-11(13)20)19-12(21)14(16,17)18/h1-2,5-6H,3-4,7-8H2,(H,19,21). The lowest BCUT2D eigenvalue weighted by Gasteiger charge is -2.38. The number of ketones is 1. The Bertz CT molecular complexity index is 570. The van der Waals surface area contributed by atoms with Crippen molar-refractivity contribution in [3.8, 4) is 0 Å². The number of alkyl halides is 3. The molecule has 0 spiro atoms. The number of hydrogen-bond donors (Lipinski definition) is 1. The van der Waals surface area contributed by atoms with Gasteiger partial charge in [-0.15, -0.1) is 0 Å². The lowest BCUT2D eigenvalue weighted by Crippen LogP contribution is -2.56. The third-order valence-corrected chi connectivity index (χ3v) is 4.44. The van der Waals surface area contributed by atoms with Crippen LogP contribution in [0.3, 0.4) is 0 Å². The Hall–Kier alpha value is -0.480. The van der Waals surface area contributed by atoms with Crippen molar-refractivity contribution in [1.29, 1.82) is 0 Å². The van der Waals surface area contributed by atoms with Crippen molar-refractivity contribution in [2.75, 3.05) is 0 Å². The van der Waals surface area contributed by atoms with E-state index in [0.717, 1.165) is 12.8 Å². The average Bonchev–Trinajstić information content (AvgIpc) is 2.41. The van der Waals surface area contributed by atoms with E-state index in [0.29, 0.717) is 23.4 Å². The van der Waals surface area contributed by atoms with Gasteiger partial charge in [-0.05, 0) is 25.3 Å². The van der Waals surface area contributed by atoms with Gasteiger partial charge in [0.25, 0.3) is 9.70 Å². The number of rotatable bonds is 2. The molecule has 1 aromatic rings. The summed E-state index contributed by atoms with van der Waals surface area (Å²) in [5.41, 5.74) is -0.684. The summed E-state index contributed by atoms with van der Waals surface area (Å²) in [6, 6.07) is 6.89. The van der Waals surface area contributed by atoms with Gasteiger partial charge in [0.05, 0.1) is 0 Å². The normalized spacial score (nSPS) is 23.0. The van der Waals surface area contributed by atoms with E-state index < -0.39 is 15.2 Å². The molecule has 1 unspecified atom stereocenters. The highest BCUT2D eigenvalue weighted by Gasteiger charge is 2.46. The molecule has 1 saturated carbocycles. The van der Waals surface area contributed by atoms with E-state index in [1.165, 1.54) is 0 Å². The van der Waals surface area contributed by atoms with Gasteiger partial charge in [0.15, 0.2) is 5.78 Å². The SMILES string of the molecule is O=C(NC1(c2ccccc2Cl)CCCCC1=O)C(Cl)(Cl)Cl. The van der Waals surface area contributed by atoms with Crippen LogP contribution in [-0.4, -0.2) is 15.5 Å². The first-order chi connectivity index (χ1) is 9.77. The Morgan fingerprint density at radius 3 is 2.43 bits per heavy atom. The van der Waals surface area contributed by atoms with E-state index in [1.807, 2.05) is 0 Å². The lowest BCUT2D eigenvalue weighted by atomic mass is 9.75. The highest BCUT2D eigenvalue weighted by atomic mass is 35.6. The van der Waals surface area contributed by atoms with Gasteiger partial charge in [-0.1, -0.05) is 64.6 Å². The maximum atomic E-state index is 12.5. The van der Waals surface area contributed by atoms with Crippen LogP contribution < -0.4 is 5.32 Å². The van der Waals surface area contributed by atoms with Crippen LogP contribution in [0.2, 0.25) is 5.02 Å². The molecule has 21 heavy (non-hydrogen) atoms.